The summed E-state index contributed by atoms with van der Waals surface area (Å²) >= 11 is 0. The second-order valence-corrected chi connectivity index (χ2v) is 10.2. The molecule has 0 heteroatoms. The first kappa shape index (κ1) is 24.6. The smallest absolute Gasteiger partial charge is 0.0713 e. The first-order chi connectivity index (χ1) is 19.1. The molecule has 0 bridgehead atoms. The predicted molar refractivity (Wildman–Crippen MR) is 169 cm³/mol. The summed E-state index contributed by atoms with van der Waals surface area (Å²) in [5, 5.41) is 2.48. The molecule has 0 nitrogen and oxygen atoms in total. The summed E-state index contributed by atoms with van der Waals surface area (Å²) in [4.78, 5) is 0. The number of benzene rings is 5. The van der Waals surface area contributed by atoms with E-state index >= 15 is 0 Å². The summed E-state index contributed by atoms with van der Waals surface area (Å²) in [7, 11) is 0. The zero-order valence-electron chi connectivity index (χ0n) is 22.6. The predicted octanol–water partition coefficient (Wildman–Crippen LogP) is 10.5. The molecule has 188 valence electrons. The molecule has 39 heavy (non-hydrogen) atoms. The van der Waals surface area contributed by atoms with Crippen molar-refractivity contribution in [2.24, 2.45) is 0 Å². The van der Waals surface area contributed by atoms with Crippen molar-refractivity contribution >= 4 is 16.8 Å². The molecular weight excluding hydrogens is 468 g/mol. The van der Waals surface area contributed by atoms with E-state index in [1.807, 2.05) is 12.2 Å². The lowest BCUT2D eigenvalue weighted by Crippen LogP contribution is -2.29. The lowest BCUT2D eigenvalue weighted by atomic mass is 9.66. The molecule has 0 N–H and O–H groups in total. The normalized spacial score (nSPS) is 16.3. The van der Waals surface area contributed by atoms with Crippen molar-refractivity contribution in [3.63, 3.8) is 0 Å². The van der Waals surface area contributed by atoms with E-state index in [1.165, 1.54) is 66.4 Å². The van der Waals surface area contributed by atoms with Gasteiger partial charge in [-0.25, -0.2) is 0 Å². The van der Waals surface area contributed by atoms with Crippen LogP contribution in [0.15, 0.2) is 146 Å². The van der Waals surface area contributed by atoms with Crippen molar-refractivity contribution in [1.82, 2.24) is 0 Å². The molecule has 0 amide bonds. The van der Waals surface area contributed by atoms with Crippen molar-refractivity contribution in [3.8, 4) is 22.3 Å². The minimum atomic E-state index is -0.451. The molecule has 1 aliphatic carbocycles. The standard InChI is InChI=1S/C39H32/c1-5-14-32(15-6-2)39(33-16-9-8-10-17-33)36-20-12-11-18-35(36)38-34(19-13-21-37(38)39)30-23-22-29-24-27(4)28(7-3)25-31(29)26-30/h5-26H,1,3H2,2,4H3/b15-6-,32-14+. The van der Waals surface area contributed by atoms with Gasteiger partial charge in [-0.3, -0.25) is 0 Å². The maximum atomic E-state index is 4.09. The van der Waals surface area contributed by atoms with E-state index in [2.05, 4.69) is 148 Å². The van der Waals surface area contributed by atoms with Gasteiger partial charge in [0.1, 0.15) is 0 Å². The Morgan fingerprint density at radius 2 is 1.46 bits per heavy atom. The summed E-state index contributed by atoms with van der Waals surface area (Å²) in [6.45, 7) is 12.3. The Labute approximate surface area is 232 Å². The SMILES string of the molecule is C=C/C=C(\C=C/C)C1(c2ccccc2)c2ccccc2-c2c(-c3ccc4cc(C)c(C=C)cc4c3)cccc21. The molecule has 1 unspecified atom stereocenters. The Balaban J connectivity index is 1.71. The highest BCUT2D eigenvalue weighted by atomic mass is 14.5. The summed E-state index contributed by atoms with van der Waals surface area (Å²) in [5.74, 6) is 0. The van der Waals surface area contributed by atoms with Crippen molar-refractivity contribution in [2.75, 3.05) is 0 Å². The van der Waals surface area contributed by atoms with E-state index in [0.29, 0.717) is 0 Å². The number of hydrogen-bond donors (Lipinski definition) is 0. The van der Waals surface area contributed by atoms with Gasteiger partial charge in [-0.15, -0.1) is 0 Å². The fraction of sp³-hybridized carbons (Fsp3) is 0.0769. The minimum Gasteiger partial charge on any atom is -0.0991 e. The van der Waals surface area contributed by atoms with Gasteiger partial charge in [0.2, 0.25) is 0 Å². The first-order valence-electron chi connectivity index (χ1n) is 13.6. The van der Waals surface area contributed by atoms with Crippen LogP contribution in [0.5, 0.6) is 0 Å². The van der Waals surface area contributed by atoms with Crippen molar-refractivity contribution in [3.05, 3.63) is 174 Å². The molecule has 0 heterocycles. The molecule has 0 radical (unpaired) electrons. The van der Waals surface area contributed by atoms with Gasteiger partial charge in [-0.05, 0) is 92.4 Å². The third kappa shape index (κ3) is 3.75. The van der Waals surface area contributed by atoms with Gasteiger partial charge in [-0.1, -0.05) is 135 Å². The van der Waals surface area contributed by atoms with Crippen molar-refractivity contribution in [1.29, 1.82) is 0 Å². The van der Waals surface area contributed by atoms with Crippen LogP contribution in [0.2, 0.25) is 0 Å². The molecule has 1 aliphatic rings. The molecule has 0 aliphatic heterocycles. The number of hydrogen-bond acceptors (Lipinski definition) is 0. The summed E-state index contributed by atoms with van der Waals surface area (Å²) < 4.78 is 0. The van der Waals surface area contributed by atoms with Gasteiger partial charge in [0.15, 0.2) is 0 Å². The highest BCUT2D eigenvalue weighted by Gasteiger charge is 2.47. The second kappa shape index (κ2) is 9.89. The fourth-order valence-corrected chi connectivity index (χ4v) is 6.47. The quantitative estimate of drug-likeness (QED) is 0.203. The zero-order valence-corrected chi connectivity index (χ0v) is 22.6. The third-order valence-corrected chi connectivity index (χ3v) is 8.11. The Morgan fingerprint density at radius 3 is 2.23 bits per heavy atom. The van der Waals surface area contributed by atoms with E-state index in [1.54, 1.807) is 0 Å². The summed E-state index contributed by atoms with van der Waals surface area (Å²) in [6, 6.07) is 38.0. The van der Waals surface area contributed by atoms with Crippen LogP contribution in [-0.2, 0) is 5.41 Å². The van der Waals surface area contributed by atoms with Crippen LogP contribution in [0.4, 0.5) is 0 Å². The van der Waals surface area contributed by atoms with Crippen LogP contribution in [0.25, 0.3) is 39.1 Å². The van der Waals surface area contributed by atoms with Crippen molar-refractivity contribution in [2.45, 2.75) is 19.3 Å². The maximum Gasteiger partial charge on any atom is 0.0713 e. The van der Waals surface area contributed by atoms with E-state index < -0.39 is 5.41 Å². The van der Waals surface area contributed by atoms with Crippen LogP contribution >= 0.6 is 0 Å². The molecule has 0 spiro atoms. The first-order valence-corrected chi connectivity index (χ1v) is 13.6. The van der Waals surface area contributed by atoms with Gasteiger partial charge >= 0.3 is 0 Å². The lowest BCUT2D eigenvalue weighted by molar-refractivity contribution is 0.767. The lowest BCUT2D eigenvalue weighted by Gasteiger charge is -2.34. The Kier molecular flexibility index (Phi) is 6.25. The molecule has 5 aromatic carbocycles. The molecule has 0 fully saturated rings. The van der Waals surface area contributed by atoms with Crippen LogP contribution in [-0.4, -0.2) is 0 Å². The molecule has 0 aromatic heterocycles. The number of aryl methyl sites for hydroxylation is 1. The molecule has 5 aromatic rings. The van der Waals surface area contributed by atoms with Crippen LogP contribution in [0.3, 0.4) is 0 Å². The van der Waals surface area contributed by atoms with Crippen LogP contribution in [0, 0.1) is 6.92 Å². The molecule has 0 saturated heterocycles. The topological polar surface area (TPSA) is 0 Å². The maximum absolute atomic E-state index is 4.09. The Hall–Kier alpha value is -4.68. The largest absolute Gasteiger partial charge is 0.0991 e. The Bertz CT molecular complexity index is 1800. The van der Waals surface area contributed by atoms with Crippen LogP contribution < -0.4 is 0 Å². The van der Waals surface area contributed by atoms with E-state index in [0.717, 1.165) is 0 Å². The molecule has 6 rings (SSSR count). The highest BCUT2D eigenvalue weighted by molar-refractivity contribution is 5.98. The average Bonchev–Trinajstić information content (AvgIpc) is 3.28. The monoisotopic (exact) mass is 500 g/mol. The number of rotatable bonds is 6. The second-order valence-electron chi connectivity index (χ2n) is 10.2. The number of fused-ring (bicyclic) bond motifs is 4. The van der Waals surface area contributed by atoms with Gasteiger partial charge < -0.3 is 0 Å². The van der Waals surface area contributed by atoms with Gasteiger partial charge in [0, 0.05) is 0 Å². The highest BCUT2D eigenvalue weighted by Crippen LogP contribution is 2.58. The van der Waals surface area contributed by atoms with E-state index in [-0.39, 0.29) is 0 Å². The van der Waals surface area contributed by atoms with Gasteiger partial charge in [0.05, 0.1) is 5.41 Å². The molecular formula is C39H32. The summed E-state index contributed by atoms with van der Waals surface area (Å²) in [5.41, 5.74) is 12.1. The minimum absolute atomic E-state index is 0.451. The van der Waals surface area contributed by atoms with Gasteiger partial charge in [0.25, 0.3) is 0 Å². The average molecular weight is 501 g/mol. The zero-order chi connectivity index (χ0) is 27.0. The van der Waals surface area contributed by atoms with Crippen molar-refractivity contribution < 1.29 is 0 Å². The van der Waals surface area contributed by atoms with Gasteiger partial charge in [-0.2, -0.15) is 0 Å². The molecule has 1 atom stereocenters. The molecule has 0 saturated carbocycles. The number of allylic oxidation sites excluding steroid dienone is 5. The van der Waals surface area contributed by atoms with Crippen LogP contribution in [0.1, 0.15) is 34.7 Å². The third-order valence-electron chi connectivity index (χ3n) is 8.11. The Morgan fingerprint density at radius 1 is 0.718 bits per heavy atom. The van der Waals surface area contributed by atoms with E-state index in [4.69, 9.17) is 0 Å². The van der Waals surface area contributed by atoms with E-state index in [9.17, 15) is 0 Å². The fourth-order valence-electron chi connectivity index (χ4n) is 6.47. The summed E-state index contributed by atoms with van der Waals surface area (Å²) in [6.07, 6.45) is 10.4.